The Bertz CT molecular complexity index is 624. The van der Waals surface area contributed by atoms with Gasteiger partial charge in [-0.3, -0.25) is 4.79 Å². The Hall–Kier alpha value is -1.12. The highest BCUT2D eigenvalue weighted by atomic mass is 79.9. The van der Waals surface area contributed by atoms with Gasteiger partial charge >= 0.3 is 0 Å². The molecule has 1 rings (SSSR count). The van der Waals surface area contributed by atoms with Gasteiger partial charge in [0.1, 0.15) is 0 Å². The Labute approximate surface area is 133 Å². The Kier molecular flexibility index (Phi) is 5.77. The van der Waals surface area contributed by atoms with Crippen LogP contribution in [0.25, 0.3) is 0 Å². The molecular weight excluding hydrogens is 358 g/mol. The van der Waals surface area contributed by atoms with Gasteiger partial charge in [0.15, 0.2) is 0 Å². The first-order valence-electron chi connectivity index (χ1n) is 6.37. The highest BCUT2D eigenvalue weighted by Crippen LogP contribution is 2.23. The molecule has 0 saturated heterocycles. The van der Waals surface area contributed by atoms with E-state index >= 15 is 0 Å². The molecule has 1 aromatic rings. The molecular formula is C13H20BrN3O3S. The van der Waals surface area contributed by atoms with E-state index in [-0.39, 0.29) is 29.3 Å². The second-order valence-corrected chi connectivity index (χ2v) is 8.23. The lowest BCUT2D eigenvalue weighted by Crippen LogP contribution is -2.41. The number of nitrogens with two attached hydrogens (primary N) is 1. The summed E-state index contributed by atoms with van der Waals surface area (Å²) in [6.45, 7) is 5.61. The molecule has 0 aromatic heterocycles. The van der Waals surface area contributed by atoms with Crippen LogP contribution in [0.1, 0.15) is 27.2 Å². The summed E-state index contributed by atoms with van der Waals surface area (Å²) in [4.78, 5) is 11.7. The van der Waals surface area contributed by atoms with Crippen molar-refractivity contribution in [1.82, 2.24) is 10.0 Å². The molecule has 1 amide bonds. The normalized spacial score (nSPS) is 12.2. The molecule has 0 bridgehead atoms. The van der Waals surface area contributed by atoms with Crippen LogP contribution in [0, 0.1) is 0 Å². The monoisotopic (exact) mass is 377 g/mol. The molecule has 6 nitrogen and oxygen atoms in total. The van der Waals surface area contributed by atoms with Crippen LogP contribution in [-0.4, -0.2) is 26.4 Å². The maximum atomic E-state index is 12.1. The van der Waals surface area contributed by atoms with E-state index in [4.69, 9.17) is 5.73 Å². The second kappa shape index (κ2) is 6.76. The van der Waals surface area contributed by atoms with Crippen molar-refractivity contribution in [2.24, 2.45) is 0 Å². The minimum absolute atomic E-state index is 0.0288. The summed E-state index contributed by atoms with van der Waals surface area (Å²) < 4.78 is 27.0. The number of carbonyl (C=O) groups is 1. The van der Waals surface area contributed by atoms with Gasteiger partial charge in [0, 0.05) is 28.7 Å². The summed E-state index contributed by atoms with van der Waals surface area (Å²) in [7, 11) is -3.68. The summed E-state index contributed by atoms with van der Waals surface area (Å²) >= 11 is 3.17. The molecule has 0 aliphatic carbocycles. The minimum Gasteiger partial charge on any atom is -0.399 e. The van der Waals surface area contributed by atoms with Gasteiger partial charge < -0.3 is 11.1 Å². The molecule has 0 aliphatic rings. The van der Waals surface area contributed by atoms with Crippen molar-refractivity contribution in [2.75, 3.05) is 12.3 Å². The van der Waals surface area contributed by atoms with E-state index in [9.17, 15) is 13.2 Å². The predicted molar refractivity (Wildman–Crippen MR) is 86.3 cm³/mol. The number of halogens is 1. The number of hydrogen-bond donors (Lipinski definition) is 3. The lowest BCUT2D eigenvalue weighted by molar-refractivity contribution is -0.122. The first kappa shape index (κ1) is 17.9. The van der Waals surface area contributed by atoms with Gasteiger partial charge in [-0.1, -0.05) is 0 Å². The van der Waals surface area contributed by atoms with Gasteiger partial charge in [0.25, 0.3) is 0 Å². The maximum absolute atomic E-state index is 12.1. The first-order chi connectivity index (χ1) is 9.51. The van der Waals surface area contributed by atoms with Crippen molar-refractivity contribution in [2.45, 2.75) is 37.6 Å². The first-order valence-corrected chi connectivity index (χ1v) is 8.64. The van der Waals surface area contributed by atoms with Crippen molar-refractivity contribution in [3.05, 3.63) is 22.7 Å². The fraction of sp³-hybridized carbons (Fsp3) is 0.462. The molecule has 118 valence electrons. The van der Waals surface area contributed by atoms with E-state index in [1.165, 1.54) is 18.2 Å². The number of benzene rings is 1. The minimum atomic E-state index is -3.68. The van der Waals surface area contributed by atoms with Crippen LogP contribution in [-0.2, 0) is 14.8 Å². The summed E-state index contributed by atoms with van der Waals surface area (Å²) in [6.07, 6.45) is 0.0725. The zero-order valence-corrected chi connectivity index (χ0v) is 14.6. The molecule has 1 aromatic carbocycles. The van der Waals surface area contributed by atoms with Crippen molar-refractivity contribution >= 4 is 37.5 Å². The number of rotatable bonds is 5. The number of sulfonamides is 1. The average molecular weight is 378 g/mol. The van der Waals surface area contributed by atoms with Gasteiger partial charge in [0.2, 0.25) is 15.9 Å². The van der Waals surface area contributed by atoms with Crippen LogP contribution in [0.5, 0.6) is 0 Å². The molecule has 0 heterocycles. The number of amides is 1. The summed E-state index contributed by atoms with van der Waals surface area (Å²) in [5.74, 6) is -0.207. The third kappa shape index (κ3) is 6.03. The third-order valence-electron chi connectivity index (χ3n) is 2.40. The maximum Gasteiger partial charge on any atom is 0.241 e. The molecule has 8 heteroatoms. The smallest absolute Gasteiger partial charge is 0.241 e. The lowest BCUT2D eigenvalue weighted by atomic mass is 10.1. The Morgan fingerprint density at radius 2 is 1.95 bits per heavy atom. The van der Waals surface area contributed by atoms with E-state index in [0.717, 1.165) is 0 Å². The summed E-state index contributed by atoms with van der Waals surface area (Å²) in [5.41, 5.74) is 5.70. The second-order valence-electron chi connectivity index (χ2n) is 5.64. The topological polar surface area (TPSA) is 101 Å². The largest absolute Gasteiger partial charge is 0.399 e. The number of carbonyl (C=O) groups excluding carboxylic acids is 1. The highest BCUT2D eigenvalue weighted by Gasteiger charge is 2.18. The van der Waals surface area contributed by atoms with Crippen molar-refractivity contribution in [1.29, 1.82) is 0 Å². The van der Waals surface area contributed by atoms with E-state index < -0.39 is 10.0 Å². The molecule has 21 heavy (non-hydrogen) atoms. The average Bonchev–Trinajstić information content (AvgIpc) is 2.25. The third-order valence-corrected chi connectivity index (χ3v) is 4.84. The zero-order chi connectivity index (χ0) is 16.3. The summed E-state index contributed by atoms with van der Waals surface area (Å²) in [5, 5.41) is 2.76. The van der Waals surface area contributed by atoms with Gasteiger partial charge in [-0.15, -0.1) is 0 Å². The number of hydrogen-bond acceptors (Lipinski definition) is 4. The standard InChI is InChI=1S/C13H20BrN3O3S/c1-13(2,3)17-12(18)6-7-16-21(19,20)11-5-4-9(15)8-10(11)14/h4-5,8,16H,6-7,15H2,1-3H3,(H,17,18). The highest BCUT2D eigenvalue weighted by molar-refractivity contribution is 9.10. The Balaban J connectivity index is 2.64. The van der Waals surface area contributed by atoms with Crippen LogP contribution in [0.15, 0.2) is 27.6 Å². The van der Waals surface area contributed by atoms with E-state index in [1.54, 1.807) is 0 Å². The van der Waals surface area contributed by atoms with E-state index in [1.807, 2.05) is 20.8 Å². The van der Waals surface area contributed by atoms with Crippen molar-refractivity contribution in [3.8, 4) is 0 Å². The molecule has 0 radical (unpaired) electrons. The zero-order valence-electron chi connectivity index (χ0n) is 12.2. The quantitative estimate of drug-likeness (QED) is 0.678. The lowest BCUT2D eigenvalue weighted by Gasteiger charge is -2.20. The van der Waals surface area contributed by atoms with Gasteiger partial charge in [0.05, 0.1) is 4.90 Å². The van der Waals surface area contributed by atoms with E-state index in [0.29, 0.717) is 10.2 Å². The van der Waals surface area contributed by atoms with Crippen LogP contribution in [0.3, 0.4) is 0 Å². The predicted octanol–water partition coefficient (Wildman–Crippen LogP) is 1.61. The van der Waals surface area contributed by atoms with Gasteiger partial charge in [-0.05, 0) is 54.9 Å². The molecule has 0 saturated carbocycles. The number of nitrogens with one attached hydrogen (secondary N) is 2. The van der Waals surface area contributed by atoms with Gasteiger partial charge in [-0.25, -0.2) is 13.1 Å². The van der Waals surface area contributed by atoms with Crippen molar-refractivity contribution < 1.29 is 13.2 Å². The Morgan fingerprint density at radius 1 is 1.33 bits per heavy atom. The Morgan fingerprint density at radius 3 is 2.48 bits per heavy atom. The molecule has 4 N–H and O–H groups in total. The van der Waals surface area contributed by atoms with Crippen LogP contribution < -0.4 is 15.8 Å². The SMILES string of the molecule is CC(C)(C)NC(=O)CCNS(=O)(=O)c1ccc(N)cc1Br. The van der Waals surface area contributed by atoms with Crippen LogP contribution in [0.2, 0.25) is 0 Å². The van der Waals surface area contributed by atoms with Crippen molar-refractivity contribution in [3.63, 3.8) is 0 Å². The molecule has 0 fully saturated rings. The molecule has 0 atom stereocenters. The van der Waals surface area contributed by atoms with E-state index in [2.05, 4.69) is 26.0 Å². The van der Waals surface area contributed by atoms with Crippen LogP contribution in [0.4, 0.5) is 5.69 Å². The number of nitrogen functional groups attached to an aromatic ring is 1. The molecule has 0 aliphatic heterocycles. The molecule has 0 spiro atoms. The fourth-order valence-corrected chi connectivity index (χ4v) is 3.72. The molecule has 0 unspecified atom stereocenters. The van der Waals surface area contributed by atoms with Gasteiger partial charge in [-0.2, -0.15) is 0 Å². The fourth-order valence-electron chi connectivity index (χ4n) is 1.59. The summed E-state index contributed by atoms with van der Waals surface area (Å²) in [6, 6.07) is 4.43. The van der Waals surface area contributed by atoms with Crippen LogP contribution >= 0.6 is 15.9 Å². The number of anilines is 1.